The van der Waals surface area contributed by atoms with E-state index >= 15 is 0 Å². The van der Waals surface area contributed by atoms with E-state index in [0.29, 0.717) is 11.4 Å². The number of amidine groups is 1. The highest BCUT2D eigenvalue weighted by Gasteiger charge is 1.97. The molecular formula is C14H18N4. The summed E-state index contributed by atoms with van der Waals surface area (Å²) in [5.41, 5.74) is 3.01. The molecule has 0 saturated heterocycles. The maximum absolute atomic E-state index is 7.55. The number of aryl methyl sites for hydroxylation is 1. The van der Waals surface area contributed by atoms with Crippen LogP contribution in [0.5, 0.6) is 0 Å². The van der Waals surface area contributed by atoms with Crippen LogP contribution in [0.1, 0.15) is 19.4 Å². The van der Waals surface area contributed by atoms with Crippen LogP contribution < -0.4 is 5.32 Å². The van der Waals surface area contributed by atoms with Gasteiger partial charge in [-0.05, 0) is 39.0 Å². The second kappa shape index (κ2) is 6.49. The van der Waals surface area contributed by atoms with Crippen molar-refractivity contribution in [3.63, 3.8) is 0 Å². The molecule has 3 N–H and O–H groups in total. The molecule has 1 aromatic carbocycles. The molecule has 0 spiro atoms. The highest BCUT2D eigenvalue weighted by atomic mass is 14.9. The molecule has 0 radical (unpaired) electrons. The van der Waals surface area contributed by atoms with Crippen molar-refractivity contribution in [3.05, 3.63) is 42.1 Å². The summed E-state index contributed by atoms with van der Waals surface area (Å²) in [6, 6.07) is 8.01. The summed E-state index contributed by atoms with van der Waals surface area (Å²) >= 11 is 0. The van der Waals surface area contributed by atoms with Crippen LogP contribution in [-0.4, -0.2) is 17.3 Å². The van der Waals surface area contributed by atoms with Gasteiger partial charge in [0.05, 0.1) is 11.4 Å². The second-order valence-corrected chi connectivity index (χ2v) is 4.05. The molecule has 0 amide bonds. The average molecular weight is 242 g/mol. The molecule has 0 heterocycles. The molecule has 0 bridgehead atoms. The summed E-state index contributed by atoms with van der Waals surface area (Å²) in [5, 5.41) is 18.0. The Hall–Kier alpha value is -2.23. The van der Waals surface area contributed by atoms with Gasteiger partial charge in [0.15, 0.2) is 0 Å². The third-order valence-corrected chi connectivity index (χ3v) is 2.22. The summed E-state index contributed by atoms with van der Waals surface area (Å²) in [5.74, 6) is 0.191. The fraction of sp³-hybridized carbons (Fsp3) is 0.214. The Morgan fingerprint density at radius 3 is 2.28 bits per heavy atom. The average Bonchev–Trinajstić information content (AvgIpc) is 2.29. The second-order valence-electron chi connectivity index (χ2n) is 4.05. The lowest BCUT2D eigenvalue weighted by atomic mass is 10.2. The van der Waals surface area contributed by atoms with Gasteiger partial charge in [-0.1, -0.05) is 17.7 Å². The largest absolute Gasteiger partial charge is 0.362 e. The Morgan fingerprint density at radius 2 is 1.78 bits per heavy atom. The lowest BCUT2D eigenvalue weighted by Crippen LogP contribution is -2.08. The van der Waals surface area contributed by atoms with Crippen LogP contribution >= 0.6 is 0 Å². The van der Waals surface area contributed by atoms with Crippen LogP contribution in [0.25, 0.3) is 0 Å². The Kier molecular flexibility index (Phi) is 4.99. The maximum Gasteiger partial charge on any atom is 0.118 e. The predicted molar refractivity (Wildman–Crippen MR) is 78.2 cm³/mol. The van der Waals surface area contributed by atoms with E-state index in [2.05, 4.69) is 10.3 Å². The number of aliphatic imine (C=N–C) groups is 1. The first-order chi connectivity index (χ1) is 8.49. The summed E-state index contributed by atoms with van der Waals surface area (Å²) < 4.78 is 0. The van der Waals surface area contributed by atoms with Gasteiger partial charge < -0.3 is 10.7 Å². The van der Waals surface area contributed by atoms with Gasteiger partial charge >= 0.3 is 0 Å². The third-order valence-electron chi connectivity index (χ3n) is 2.22. The molecule has 0 fully saturated rings. The molecule has 0 saturated carbocycles. The number of rotatable bonds is 4. The number of hydrogen-bond donors (Lipinski definition) is 3. The van der Waals surface area contributed by atoms with Gasteiger partial charge in [-0.3, -0.25) is 5.41 Å². The number of hydrogen-bond acceptors (Lipinski definition) is 3. The van der Waals surface area contributed by atoms with Crippen LogP contribution in [0.2, 0.25) is 0 Å². The summed E-state index contributed by atoms with van der Waals surface area (Å²) in [6.45, 7) is 5.28. The van der Waals surface area contributed by atoms with Crippen molar-refractivity contribution in [2.45, 2.75) is 20.8 Å². The van der Waals surface area contributed by atoms with Crippen LogP contribution in [-0.2, 0) is 0 Å². The molecule has 4 nitrogen and oxygen atoms in total. The normalized spacial score (nSPS) is 11.6. The molecule has 94 valence electrons. The van der Waals surface area contributed by atoms with Gasteiger partial charge in [-0.25, -0.2) is 4.99 Å². The lowest BCUT2D eigenvalue weighted by Gasteiger charge is -2.02. The summed E-state index contributed by atoms with van der Waals surface area (Å²) in [7, 11) is 0. The first-order valence-corrected chi connectivity index (χ1v) is 5.68. The van der Waals surface area contributed by atoms with Gasteiger partial charge in [0.1, 0.15) is 5.84 Å². The zero-order valence-electron chi connectivity index (χ0n) is 10.9. The first kappa shape index (κ1) is 13.8. The van der Waals surface area contributed by atoms with Gasteiger partial charge in [0.2, 0.25) is 0 Å². The standard InChI is InChI=1S/C14H18N4/c1-10-4-6-13(7-5-10)17-9-8-14(11(2)15)18-12(3)16/h4-9,15-17H,1-3H3/b9-8+,15-11?,16-12?,18-14-. The van der Waals surface area contributed by atoms with Crippen LogP contribution in [0.3, 0.4) is 0 Å². The first-order valence-electron chi connectivity index (χ1n) is 5.68. The minimum atomic E-state index is 0.191. The maximum atomic E-state index is 7.55. The molecule has 4 heteroatoms. The van der Waals surface area contributed by atoms with Crippen molar-refractivity contribution >= 4 is 22.9 Å². The van der Waals surface area contributed by atoms with Gasteiger partial charge in [0, 0.05) is 11.9 Å². The quantitative estimate of drug-likeness (QED) is 0.549. The van der Waals surface area contributed by atoms with Gasteiger partial charge in [-0.15, -0.1) is 0 Å². The Labute approximate surface area is 107 Å². The lowest BCUT2D eigenvalue weighted by molar-refractivity contribution is 1.41. The number of anilines is 1. The fourth-order valence-corrected chi connectivity index (χ4v) is 1.29. The topological polar surface area (TPSA) is 72.1 Å². The highest BCUT2D eigenvalue weighted by molar-refractivity contribution is 6.46. The Bertz CT molecular complexity index is 495. The number of nitrogens with one attached hydrogen (secondary N) is 3. The summed E-state index contributed by atoms with van der Waals surface area (Å²) in [4.78, 5) is 3.97. The smallest absolute Gasteiger partial charge is 0.118 e. The van der Waals surface area contributed by atoms with E-state index in [4.69, 9.17) is 10.8 Å². The molecule has 0 aliphatic heterocycles. The van der Waals surface area contributed by atoms with E-state index in [1.165, 1.54) is 5.56 Å². The molecule has 0 aromatic heterocycles. The molecular weight excluding hydrogens is 224 g/mol. The van der Waals surface area contributed by atoms with Gasteiger partial charge in [-0.2, -0.15) is 0 Å². The number of nitrogens with zero attached hydrogens (tertiary/aromatic N) is 1. The summed E-state index contributed by atoms with van der Waals surface area (Å²) in [6.07, 6.45) is 3.42. The van der Waals surface area contributed by atoms with E-state index in [1.807, 2.05) is 31.2 Å². The molecule has 1 aromatic rings. The number of benzene rings is 1. The SMILES string of the molecule is CC(=N)/N=C(/C=C/Nc1ccc(C)cc1)C(C)=N. The van der Waals surface area contributed by atoms with Crippen LogP contribution in [0.15, 0.2) is 41.5 Å². The Balaban J connectivity index is 2.71. The minimum Gasteiger partial charge on any atom is -0.362 e. The van der Waals surface area contributed by atoms with Crippen molar-refractivity contribution in [2.75, 3.05) is 5.32 Å². The van der Waals surface area contributed by atoms with Gasteiger partial charge in [0.25, 0.3) is 0 Å². The van der Waals surface area contributed by atoms with Crippen LogP contribution in [0, 0.1) is 17.7 Å². The van der Waals surface area contributed by atoms with Crippen molar-refractivity contribution in [1.29, 1.82) is 10.8 Å². The van der Waals surface area contributed by atoms with E-state index in [0.717, 1.165) is 5.69 Å². The van der Waals surface area contributed by atoms with Crippen molar-refractivity contribution in [1.82, 2.24) is 0 Å². The molecule has 0 atom stereocenters. The fourth-order valence-electron chi connectivity index (χ4n) is 1.29. The molecule has 0 aliphatic rings. The van der Waals surface area contributed by atoms with Crippen molar-refractivity contribution in [3.8, 4) is 0 Å². The van der Waals surface area contributed by atoms with Crippen molar-refractivity contribution in [2.24, 2.45) is 4.99 Å². The number of allylic oxidation sites excluding steroid dienone is 1. The van der Waals surface area contributed by atoms with Crippen molar-refractivity contribution < 1.29 is 0 Å². The molecule has 1 rings (SSSR count). The predicted octanol–water partition coefficient (Wildman–Crippen LogP) is 3.40. The monoisotopic (exact) mass is 242 g/mol. The third kappa shape index (κ3) is 4.74. The Morgan fingerprint density at radius 1 is 1.17 bits per heavy atom. The van der Waals surface area contributed by atoms with E-state index in [9.17, 15) is 0 Å². The van der Waals surface area contributed by atoms with E-state index in [-0.39, 0.29) is 5.84 Å². The zero-order valence-corrected chi connectivity index (χ0v) is 10.9. The molecule has 18 heavy (non-hydrogen) atoms. The zero-order chi connectivity index (χ0) is 13.5. The molecule has 0 aliphatic carbocycles. The minimum absolute atomic E-state index is 0.191. The van der Waals surface area contributed by atoms with E-state index < -0.39 is 0 Å². The van der Waals surface area contributed by atoms with E-state index in [1.54, 1.807) is 26.1 Å². The molecule has 0 unspecified atom stereocenters. The highest BCUT2D eigenvalue weighted by Crippen LogP contribution is 2.08. The van der Waals surface area contributed by atoms with Crippen LogP contribution in [0.4, 0.5) is 5.69 Å².